The fourth-order valence-electron chi connectivity index (χ4n) is 12.2. The first kappa shape index (κ1) is 83.1. The van der Waals surface area contributed by atoms with Gasteiger partial charge in [0.1, 0.15) is 0 Å². The lowest BCUT2D eigenvalue weighted by Crippen LogP contribution is -2.45. The van der Waals surface area contributed by atoms with Crippen LogP contribution in [0, 0.1) is 0 Å². The number of amides is 1. The van der Waals surface area contributed by atoms with Crippen LogP contribution >= 0.6 is 0 Å². The van der Waals surface area contributed by atoms with Gasteiger partial charge >= 0.3 is 5.97 Å². The van der Waals surface area contributed by atoms with E-state index in [1.807, 2.05) is 0 Å². The van der Waals surface area contributed by atoms with Crippen molar-refractivity contribution in [1.29, 1.82) is 0 Å². The Labute approximate surface area is 532 Å². The van der Waals surface area contributed by atoms with Crippen molar-refractivity contribution in [2.75, 3.05) is 13.2 Å². The molecule has 0 aliphatic carbocycles. The van der Waals surface area contributed by atoms with Gasteiger partial charge in [0, 0.05) is 12.8 Å². The molecule has 0 saturated heterocycles. The Kier molecular flexibility index (Phi) is 72.9. The Bertz CT molecular complexity index is 1380. The zero-order chi connectivity index (χ0) is 61.3. The number of rotatable bonds is 73. The summed E-state index contributed by atoms with van der Waals surface area (Å²) in [6.07, 6.45) is 96.6. The van der Waals surface area contributed by atoms with Gasteiger partial charge in [0.15, 0.2) is 0 Å². The van der Waals surface area contributed by atoms with Gasteiger partial charge < -0.3 is 20.3 Å². The summed E-state index contributed by atoms with van der Waals surface area (Å²) in [5, 5.41) is 23.5. The summed E-state index contributed by atoms with van der Waals surface area (Å²) in [6.45, 7) is 4.95. The van der Waals surface area contributed by atoms with Crippen molar-refractivity contribution in [2.24, 2.45) is 0 Å². The average Bonchev–Trinajstić information content (AvgIpc) is 3.55. The van der Waals surface area contributed by atoms with Crippen LogP contribution in [0.3, 0.4) is 0 Å². The molecule has 3 N–H and O–H groups in total. The van der Waals surface area contributed by atoms with E-state index in [2.05, 4.69) is 55.6 Å². The Morgan fingerprint density at radius 1 is 0.329 bits per heavy atom. The van der Waals surface area contributed by atoms with Gasteiger partial charge in [-0.2, -0.15) is 0 Å². The van der Waals surface area contributed by atoms with Crippen LogP contribution in [0.4, 0.5) is 0 Å². The number of aliphatic hydroxyl groups excluding tert-OH is 2. The molecule has 6 nitrogen and oxygen atoms in total. The summed E-state index contributed by atoms with van der Waals surface area (Å²) in [4.78, 5) is 24.6. The molecule has 2 unspecified atom stereocenters. The summed E-state index contributed by atoms with van der Waals surface area (Å²) in [6, 6.07) is -0.542. The summed E-state index contributed by atoms with van der Waals surface area (Å²) >= 11 is 0. The standard InChI is InChI=1S/C79H151NO5/c1-3-5-7-9-11-13-15-16-17-18-19-20-21-33-36-39-42-45-48-52-55-59-63-67-71-77(82)76(75-81)80-78(83)72-68-64-60-56-53-49-46-43-40-37-34-31-29-27-25-23-22-24-26-28-30-32-35-38-41-44-47-50-54-58-62-66-70-74-85-79(84)73-69-65-61-57-51-14-12-10-8-6-4-2/h10,12,26,28,32,35,76-77,81-82H,3-9,11,13-25,27,29-31,33-34,36-75H2,1-2H3,(H,80,83)/b12-10-,28-26-,35-32-. The molecule has 0 saturated carbocycles. The predicted molar refractivity (Wildman–Crippen MR) is 375 cm³/mol. The highest BCUT2D eigenvalue weighted by Crippen LogP contribution is 2.20. The van der Waals surface area contributed by atoms with Crippen LogP contribution in [0.25, 0.3) is 0 Å². The van der Waals surface area contributed by atoms with Crippen LogP contribution in [-0.2, 0) is 14.3 Å². The maximum atomic E-state index is 12.6. The Morgan fingerprint density at radius 3 is 0.941 bits per heavy atom. The van der Waals surface area contributed by atoms with Gasteiger partial charge in [0.25, 0.3) is 0 Å². The molecule has 0 aliphatic heterocycles. The van der Waals surface area contributed by atoms with Gasteiger partial charge in [0.2, 0.25) is 5.91 Å². The summed E-state index contributed by atoms with van der Waals surface area (Å²) < 4.78 is 5.46. The van der Waals surface area contributed by atoms with Gasteiger partial charge in [-0.25, -0.2) is 0 Å². The smallest absolute Gasteiger partial charge is 0.305 e. The van der Waals surface area contributed by atoms with Gasteiger partial charge in [-0.3, -0.25) is 9.59 Å². The van der Waals surface area contributed by atoms with Crippen molar-refractivity contribution in [3.63, 3.8) is 0 Å². The second-order valence-corrected chi connectivity index (χ2v) is 26.7. The third-order valence-corrected chi connectivity index (χ3v) is 18.2. The first-order valence-electron chi connectivity index (χ1n) is 38.7. The van der Waals surface area contributed by atoms with Gasteiger partial charge in [-0.1, -0.05) is 378 Å². The highest BCUT2D eigenvalue weighted by Gasteiger charge is 2.20. The second kappa shape index (κ2) is 74.5. The largest absolute Gasteiger partial charge is 0.466 e. The molecular weight excluding hydrogens is 1040 g/mol. The highest BCUT2D eigenvalue weighted by molar-refractivity contribution is 5.76. The van der Waals surface area contributed by atoms with Crippen LogP contribution < -0.4 is 5.32 Å². The van der Waals surface area contributed by atoms with Crippen molar-refractivity contribution in [2.45, 2.75) is 443 Å². The fourth-order valence-corrected chi connectivity index (χ4v) is 12.2. The van der Waals surface area contributed by atoms with Crippen LogP contribution in [0.5, 0.6) is 0 Å². The molecule has 0 heterocycles. The molecular formula is C79H151NO5. The van der Waals surface area contributed by atoms with E-state index in [-0.39, 0.29) is 18.5 Å². The Hall–Kier alpha value is -1.92. The molecule has 1 amide bonds. The number of nitrogens with one attached hydrogen (secondary N) is 1. The number of carbonyl (C=O) groups excluding carboxylic acids is 2. The van der Waals surface area contributed by atoms with E-state index in [0.29, 0.717) is 25.9 Å². The quantitative estimate of drug-likeness (QED) is 0.0320. The zero-order valence-corrected chi connectivity index (χ0v) is 57.6. The molecule has 2 atom stereocenters. The number of ether oxygens (including phenoxy) is 1. The van der Waals surface area contributed by atoms with E-state index in [4.69, 9.17) is 4.74 Å². The summed E-state index contributed by atoms with van der Waals surface area (Å²) in [5.41, 5.74) is 0. The molecule has 0 spiro atoms. The predicted octanol–water partition coefficient (Wildman–Crippen LogP) is 25.4. The maximum absolute atomic E-state index is 12.6. The fraction of sp³-hybridized carbons (Fsp3) is 0.899. The molecule has 0 aromatic carbocycles. The number of unbranched alkanes of at least 4 members (excludes halogenated alkanes) is 56. The first-order valence-corrected chi connectivity index (χ1v) is 38.7. The number of esters is 1. The minimum absolute atomic E-state index is 0.00358. The van der Waals surface area contributed by atoms with Crippen LogP contribution in [0.15, 0.2) is 36.5 Å². The van der Waals surface area contributed by atoms with Crippen molar-refractivity contribution in [1.82, 2.24) is 5.32 Å². The zero-order valence-electron chi connectivity index (χ0n) is 57.6. The van der Waals surface area contributed by atoms with Crippen molar-refractivity contribution >= 4 is 11.9 Å². The normalized spacial score (nSPS) is 12.7. The lowest BCUT2D eigenvalue weighted by Gasteiger charge is -2.22. The van der Waals surface area contributed by atoms with E-state index >= 15 is 0 Å². The van der Waals surface area contributed by atoms with Crippen molar-refractivity contribution in [3.05, 3.63) is 36.5 Å². The molecule has 0 aromatic heterocycles. The maximum Gasteiger partial charge on any atom is 0.305 e. The van der Waals surface area contributed by atoms with Gasteiger partial charge in [-0.05, 0) is 77.0 Å². The molecule has 0 aromatic rings. The highest BCUT2D eigenvalue weighted by atomic mass is 16.5. The summed E-state index contributed by atoms with van der Waals surface area (Å²) in [5.74, 6) is -0.0243. The third-order valence-electron chi connectivity index (χ3n) is 18.2. The lowest BCUT2D eigenvalue weighted by molar-refractivity contribution is -0.143. The van der Waals surface area contributed by atoms with E-state index in [1.165, 1.54) is 347 Å². The lowest BCUT2D eigenvalue weighted by atomic mass is 10.0. The number of aliphatic hydroxyl groups is 2. The Morgan fingerprint density at radius 2 is 0.600 bits per heavy atom. The molecule has 0 aliphatic rings. The van der Waals surface area contributed by atoms with Crippen LogP contribution in [-0.4, -0.2) is 47.4 Å². The topological polar surface area (TPSA) is 95.9 Å². The average molecular weight is 1200 g/mol. The SMILES string of the molecule is CCCC/C=C\CCCCCCCC(=O)OCCCCCCCCCCC/C=C\C/C=C\CCCCCCCCCCCCCCCCCCCC(=O)NC(CO)C(O)CCCCCCCCCCCCCCCCCCCCCCCCCC. The second-order valence-electron chi connectivity index (χ2n) is 26.7. The molecule has 0 rings (SSSR count). The molecule has 6 heteroatoms. The van der Waals surface area contributed by atoms with Gasteiger partial charge in [-0.15, -0.1) is 0 Å². The molecule has 0 fully saturated rings. The number of allylic oxidation sites excluding steroid dienone is 6. The first-order chi connectivity index (χ1) is 42.0. The van der Waals surface area contributed by atoms with Crippen LogP contribution in [0.2, 0.25) is 0 Å². The number of hydrogen-bond acceptors (Lipinski definition) is 5. The molecule has 502 valence electrons. The molecule has 0 radical (unpaired) electrons. The van der Waals surface area contributed by atoms with E-state index in [9.17, 15) is 19.8 Å². The number of carbonyl (C=O) groups is 2. The Balaban J connectivity index is 3.39. The molecule has 0 bridgehead atoms. The number of hydrogen-bond donors (Lipinski definition) is 3. The van der Waals surface area contributed by atoms with E-state index in [1.54, 1.807) is 0 Å². The molecule has 85 heavy (non-hydrogen) atoms. The van der Waals surface area contributed by atoms with E-state index in [0.717, 1.165) is 51.4 Å². The third kappa shape index (κ3) is 71.0. The van der Waals surface area contributed by atoms with Crippen LogP contribution in [0.1, 0.15) is 431 Å². The van der Waals surface area contributed by atoms with Crippen molar-refractivity contribution < 1.29 is 24.5 Å². The van der Waals surface area contributed by atoms with Crippen molar-refractivity contribution in [3.8, 4) is 0 Å². The minimum atomic E-state index is -0.665. The van der Waals surface area contributed by atoms with E-state index < -0.39 is 12.1 Å². The minimum Gasteiger partial charge on any atom is -0.466 e. The summed E-state index contributed by atoms with van der Waals surface area (Å²) in [7, 11) is 0. The monoisotopic (exact) mass is 1190 g/mol. The van der Waals surface area contributed by atoms with Gasteiger partial charge in [0.05, 0.1) is 25.4 Å².